The standard InChI is InChI=1S/C14H13NO/c1-14-9-8-10-4-2-3-5-11(10)12(14)6-7-13(16)15-14/h2-9,15-16H,1H3. The van der Waals surface area contributed by atoms with E-state index in [1.165, 1.54) is 16.7 Å². The van der Waals surface area contributed by atoms with Gasteiger partial charge in [0.1, 0.15) is 0 Å². The van der Waals surface area contributed by atoms with Crippen LogP contribution in [0, 0.1) is 0 Å². The van der Waals surface area contributed by atoms with Crippen molar-refractivity contribution < 1.29 is 5.11 Å². The number of dihydropyridines is 1. The quantitative estimate of drug-likeness (QED) is 0.691. The third-order valence-corrected chi connectivity index (χ3v) is 3.20. The first-order valence-corrected chi connectivity index (χ1v) is 5.37. The van der Waals surface area contributed by atoms with Gasteiger partial charge in [-0.15, -0.1) is 0 Å². The van der Waals surface area contributed by atoms with Crippen LogP contribution in [0.3, 0.4) is 0 Å². The minimum Gasteiger partial charge on any atom is -0.495 e. The Labute approximate surface area is 94.6 Å². The van der Waals surface area contributed by atoms with Gasteiger partial charge in [0.25, 0.3) is 0 Å². The SMILES string of the molecule is CC12C=Cc3ccccc3C1=CC=C(O)N2. The van der Waals surface area contributed by atoms with E-state index in [-0.39, 0.29) is 11.4 Å². The highest BCUT2D eigenvalue weighted by Gasteiger charge is 2.33. The fourth-order valence-electron chi connectivity index (χ4n) is 2.36. The number of benzene rings is 1. The largest absolute Gasteiger partial charge is 0.495 e. The smallest absolute Gasteiger partial charge is 0.185 e. The summed E-state index contributed by atoms with van der Waals surface area (Å²) in [6.07, 6.45) is 7.86. The summed E-state index contributed by atoms with van der Waals surface area (Å²) < 4.78 is 0. The van der Waals surface area contributed by atoms with Crippen LogP contribution in [0.4, 0.5) is 0 Å². The van der Waals surface area contributed by atoms with Gasteiger partial charge in [-0.25, -0.2) is 0 Å². The second-order valence-electron chi connectivity index (χ2n) is 4.38. The highest BCUT2D eigenvalue weighted by atomic mass is 16.3. The number of aliphatic hydroxyl groups excluding tert-OH is 1. The van der Waals surface area contributed by atoms with Crippen molar-refractivity contribution in [3.8, 4) is 0 Å². The molecule has 2 nitrogen and oxygen atoms in total. The molecule has 1 aromatic carbocycles. The van der Waals surface area contributed by atoms with Crippen LogP contribution < -0.4 is 5.32 Å². The predicted octanol–water partition coefficient (Wildman–Crippen LogP) is 2.86. The molecule has 2 heteroatoms. The van der Waals surface area contributed by atoms with Crippen LogP contribution in [0.25, 0.3) is 11.6 Å². The second-order valence-corrected chi connectivity index (χ2v) is 4.38. The van der Waals surface area contributed by atoms with Gasteiger partial charge in [0.15, 0.2) is 5.88 Å². The van der Waals surface area contributed by atoms with Gasteiger partial charge in [-0.3, -0.25) is 0 Å². The van der Waals surface area contributed by atoms with E-state index < -0.39 is 0 Å². The molecule has 2 N–H and O–H groups in total. The number of hydrogen-bond acceptors (Lipinski definition) is 2. The lowest BCUT2D eigenvalue weighted by molar-refractivity contribution is 0.336. The first-order chi connectivity index (χ1) is 7.69. The molecule has 16 heavy (non-hydrogen) atoms. The average molecular weight is 211 g/mol. The molecule has 1 aliphatic carbocycles. The predicted molar refractivity (Wildman–Crippen MR) is 65.7 cm³/mol. The van der Waals surface area contributed by atoms with Crippen molar-refractivity contribution in [1.29, 1.82) is 0 Å². The molecule has 0 radical (unpaired) electrons. The summed E-state index contributed by atoms with van der Waals surface area (Å²) in [4.78, 5) is 0. The molecule has 0 bridgehead atoms. The summed E-state index contributed by atoms with van der Waals surface area (Å²) in [5.41, 5.74) is 3.35. The van der Waals surface area contributed by atoms with Crippen molar-refractivity contribution in [2.75, 3.05) is 0 Å². The molecule has 0 spiro atoms. The zero-order valence-corrected chi connectivity index (χ0v) is 9.07. The molecule has 1 heterocycles. The highest BCUT2D eigenvalue weighted by Crippen LogP contribution is 2.38. The van der Waals surface area contributed by atoms with E-state index in [4.69, 9.17) is 0 Å². The van der Waals surface area contributed by atoms with Gasteiger partial charge < -0.3 is 10.4 Å². The molecule has 2 aliphatic rings. The molecule has 0 saturated carbocycles. The van der Waals surface area contributed by atoms with Crippen LogP contribution in [-0.2, 0) is 0 Å². The minimum absolute atomic E-state index is 0.218. The Hall–Kier alpha value is -1.96. The van der Waals surface area contributed by atoms with Crippen molar-refractivity contribution in [1.82, 2.24) is 5.32 Å². The van der Waals surface area contributed by atoms with Crippen LogP contribution in [0.5, 0.6) is 0 Å². The van der Waals surface area contributed by atoms with E-state index in [9.17, 15) is 5.11 Å². The summed E-state index contributed by atoms with van der Waals surface area (Å²) in [5.74, 6) is 0.218. The normalized spacial score (nSPS) is 26.1. The molecule has 1 atom stereocenters. The lowest BCUT2D eigenvalue weighted by Crippen LogP contribution is -2.43. The van der Waals surface area contributed by atoms with Gasteiger partial charge in [0.2, 0.25) is 0 Å². The molecule has 0 fully saturated rings. The van der Waals surface area contributed by atoms with Crippen molar-refractivity contribution in [2.24, 2.45) is 0 Å². The third-order valence-electron chi connectivity index (χ3n) is 3.20. The Kier molecular flexibility index (Phi) is 1.75. The van der Waals surface area contributed by atoms with Crippen molar-refractivity contribution >= 4 is 11.6 Å². The highest BCUT2D eigenvalue weighted by molar-refractivity contribution is 5.87. The van der Waals surface area contributed by atoms with E-state index in [0.717, 1.165) is 0 Å². The maximum atomic E-state index is 9.53. The van der Waals surface area contributed by atoms with E-state index in [2.05, 4.69) is 36.5 Å². The Morgan fingerprint density at radius 1 is 1.19 bits per heavy atom. The van der Waals surface area contributed by atoms with Crippen LogP contribution in [0.2, 0.25) is 0 Å². The van der Waals surface area contributed by atoms with Gasteiger partial charge in [-0.2, -0.15) is 0 Å². The van der Waals surface area contributed by atoms with E-state index in [1.54, 1.807) is 6.08 Å². The average Bonchev–Trinajstić information content (AvgIpc) is 2.27. The lowest BCUT2D eigenvalue weighted by atomic mass is 9.78. The fourth-order valence-corrected chi connectivity index (χ4v) is 2.36. The first kappa shape index (κ1) is 9.28. The number of aliphatic hydroxyl groups is 1. The Balaban J connectivity index is 2.24. The summed E-state index contributed by atoms with van der Waals surface area (Å²) >= 11 is 0. The van der Waals surface area contributed by atoms with Gasteiger partial charge in [-0.1, -0.05) is 42.5 Å². The van der Waals surface area contributed by atoms with Crippen LogP contribution >= 0.6 is 0 Å². The topological polar surface area (TPSA) is 32.3 Å². The number of hydrogen-bond donors (Lipinski definition) is 2. The molecule has 1 aliphatic heterocycles. The number of fused-ring (bicyclic) bond motifs is 3. The number of allylic oxidation sites excluding steroid dienone is 2. The maximum Gasteiger partial charge on any atom is 0.185 e. The molecular formula is C14H13NO. The minimum atomic E-state index is -0.298. The number of nitrogens with one attached hydrogen (secondary N) is 1. The zero-order valence-electron chi connectivity index (χ0n) is 9.07. The first-order valence-electron chi connectivity index (χ1n) is 5.37. The summed E-state index contributed by atoms with van der Waals surface area (Å²) in [5, 5.41) is 12.6. The summed E-state index contributed by atoms with van der Waals surface area (Å²) in [7, 11) is 0. The Morgan fingerprint density at radius 3 is 2.88 bits per heavy atom. The lowest BCUT2D eigenvalue weighted by Gasteiger charge is -2.36. The van der Waals surface area contributed by atoms with Gasteiger partial charge in [-0.05, 0) is 29.7 Å². The summed E-state index contributed by atoms with van der Waals surface area (Å²) in [6.45, 7) is 2.06. The van der Waals surface area contributed by atoms with Crippen molar-refractivity contribution in [3.05, 3.63) is 59.5 Å². The molecular weight excluding hydrogens is 198 g/mol. The van der Waals surface area contributed by atoms with E-state index in [1.807, 2.05) is 18.2 Å². The molecule has 3 rings (SSSR count). The monoisotopic (exact) mass is 211 g/mol. The molecule has 80 valence electrons. The van der Waals surface area contributed by atoms with Crippen molar-refractivity contribution in [3.63, 3.8) is 0 Å². The van der Waals surface area contributed by atoms with Gasteiger partial charge in [0.05, 0.1) is 5.54 Å². The maximum absolute atomic E-state index is 9.53. The third kappa shape index (κ3) is 1.20. The van der Waals surface area contributed by atoms with E-state index in [0.29, 0.717) is 0 Å². The molecule has 1 unspecified atom stereocenters. The second kappa shape index (κ2) is 3.01. The van der Waals surface area contributed by atoms with Crippen LogP contribution in [0.15, 0.2) is 48.4 Å². The Morgan fingerprint density at radius 2 is 2.00 bits per heavy atom. The molecule has 0 saturated heterocycles. The zero-order chi connectivity index (χ0) is 11.2. The number of rotatable bonds is 0. The van der Waals surface area contributed by atoms with Crippen LogP contribution in [-0.4, -0.2) is 10.6 Å². The van der Waals surface area contributed by atoms with Gasteiger partial charge in [0, 0.05) is 0 Å². The molecule has 0 aromatic heterocycles. The summed E-state index contributed by atoms with van der Waals surface area (Å²) in [6, 6.07) is 8.29. The van der Waals surface area contributed by atoms with Crippen LogP contribution in [0.1, 0.15) is 18.1 Å². The molecule has 0 amide bonds. The Bertz CT molecular complexity index is 539. The van der Waals surface area contributed by atoms with E-state index >= 15 is 0 Å². The van der Waals surface area contributed by atoms with Gasteiger partial charge >= 0.3 is 0 Å². The molecule has 1 aromatic rings. The van der Waals surface area contributed by atoms with Crippen molar-refractivity contribution in [2.45, 2.75) is 12.5 Å². The fraction of sp³-hybridized carbons (Fsp3) is 0.143.